The minimum atomic E-state index is -1.01. The van der Waals surface area contributed by atoms with Crippen molar-refractivity contribution < 1.29 is 9.90 Å². The monoisotopic (exact) mass is 318 g/mol. The summed E-state index contributed by atoms with van der Waals surface area (Å²) in [5, 5.41) is 13.6. The Bertz CT molecular complexity index is 656. The Morgan fingerprint density at radius 1 is 1.45 bits per heavy atom. The Hall–Kier alpha value is -2.28. The number of nitrogens with zero attached hydrogens (tertiary/aromatic N) is 2. The lowest BCUT2D eigenvalue weighted by atomic mass is 10.1. The van der Waals surface area contributed by atoms with E-state index in [-0.39, 0.29) is 6.04 Å². The lowest BCUT2D eigenvalue weighted by Crippen LogP contribution is -2.23. The molecule has 0 radical (unpaired) electrons. The number of benzene rings is 1. The summed E-state index contributed by atoms with van der Waals surface area (Å²) in [5.41, 5.74) is 8.86. The molecule has 1 aliphatic rings. The molecule has 1 unspecified atom stereocenters. The zero-order chi connectivity index (χ0) is 15.5. The van der Waals surface area contributed by atoms with Crippen LogP contribution in [0.2, 0.25) is 0 Å². The topological polar surface area (TPSA) is 91.5 Å². The van der Waals surface area contributed by atoms with Gasteiger partial charge in [0.2, 0.25) is 0 Å². The fourth-order valence-electron chi connectivity index (χ4n) is 2.82. The van der Waals surface area contributed by atoms with Gasteiger partial charge in [-0.15, -0.1) is 11.3 Å². The van der Waals surface area contributed by atoms with Crippen LogP contribution in [0.4, 0.5) is 15.6 Å². The summed E-state index contributed by atoms with van der Waals surface area (Å²) in [4.78, 5) is 17.3. The van der Waals surface area contributed by atoms with E-state index in [2.05, 4.69) is 15.2 Å². The maximum absolute atomic E-state index is 10.5. The van der Waals surface area contributed by atoms with Crippen molar-refractivity contribution in [2.75, 3.05) is 17.2 Å². The van der Waals surface area contributed by atoms with E-state index < -0.39 is 6.09 Å². The van der Waals surface area contributed by atoms with Crippen molar-refractivity contribution >= 4 is 28.2 Å². The molecule has 0 saturated carbocycles. The summed E-state index contributed by atoms with van der Waals surface area (Å²) in [6, 6.07) is 8.25. The van der Waals surface area contributed by atoms with Gasteiger partial charge in [0.25, 0.3) is 0 Å². The van der Waals surface area contributed by atoms with Gasteiger partial charge in [0.1, 0.15) is 0 Å². The van der Waals surface area contributed by atoms with Gasteiger partial charge in [-0.3, -0.25) is 0 Å². The number of carbonyl (C=O) groups is 1. The summed E-state index contributed by atoms with van der Waals surface area (Å²) < 4.78 is 0. The van der Waals surface area contributed by atoms with Crippen molar-refractivity contribution in [1.82, 2.24) is 10.3 Å². The number of thiazole rings is 1. The highest BCUT2D eigenvalue weighted by atomic mass is 32.1. The van der Waals surface area contributed by atoms with E-state index in [1.54, 1.807) is 0 Å². The van der Waals surface area contributed by atoms with Crippen molar-refractivity contribution in [3.05, 3.63) is 40.9 Å². The number of hydrogen-bond acceptors (Lipinski definition) is 5. The lowest BCUT2D eigenvalue weighted by molar-refractivity contribution is 0.194. The molecule has 0 aliphatic carbocycles. The first-order valence-corrected chi connectivity index (χ1v) is 8.05. The molecule has 22 heavy (non-hydrogen) atoms. The summed E-state index contributed by atoms with van der Waals surface area (Å²) in [6.07, 6.45) is 1.19. The van der Waals surface area contributed by atoms with Crippen LogP contribution in [-0.4, -0.2) is 22.7 Å². The molecule has 0 bridgehead atoms. The first-order valence-electron chi connectivity index (χ1n) is 7.17. The third-order valence-electron chi connectivity index (χ3n) is 3.85. The zero-order valence-electron chi connectivity index (χ0n) is 12.0. The molecule has 116 valence electrons. The van der Waals surface area contributed by atoms with Crippen LogP contribution in [0.5, 0.6) is 0 Å². The fourth-order valence-corrected chi connectivity index (χ4v) is 3.43. The normalized spacial score (nSPS) is 17.6. The van der Waals surface area contributed by atoms with Crippen LogP contribution < -0.4 is 16.0 Å². The molecule has 3 rings (SSSR count). The highest BCUT2D eigenvalue weighted by molar-refractivity contribution is 7.13. The SMILES string of the molecule is Nc1nc(C2CCCN2c2ccc(CNC(=O)O)cc2)cs1. The van der Waals surface area contributed by atoms with Gasteiger partial charge in [-0.1, -0.05) is 12.1 Å². The standard InChI is InChI=1S/C15H18N4O2S/c16-14-18-12(9-22-14)13-2-1-7-19(13)11-5-3-10(4-6-11)8-17-15(20)21/h3-6,9,13,17H,1-2,7-8H2,(H2,16,18)(H,20,21). The first-order chi connectivity index (χ1) is 10.6. The molecule has 7 heteroatoms. The molecule has 2 heterocycles. The molecule has 1 fully saturated rings. The van der Waals surface area contributed by atoms with Crippen molar-refractivity contribution in [3.63, 3.8) is 0 Å². The summed E-state index contributed by atoms with van der Waals surface area (Å²) in [6.45, 7) is 1.32. The summed E-state index contributed by atoms with van der Waals surface area (Å²) >= 11 is 1.48. The second-order valence-corrected chi connectivity index (χ2v) is 6.18. The first kappa shape index (κ1) is 14.6. The van der Waals surface area contributed by atoms with Gasteiger partial charge in [-0.2, -0.15) is 0 Å². The van der Waals surface area contributed by atoms with Crippen molar-refractivity contribution in [2.45, 2.75) is 25.4 Å². The van der Waals surface area contributed by atoms with Crippen molar-refractivity contribution in [3.8, 4) is 0 Å². The van der Waals surface area contributed by atoms with Crippen molar-refractivity contribution in [2.24, 2.45) is 0 Å². The molecule has 1 aliphatic heterocycles. The van der Waals surface area contributed by atoms with Gasteiger partial charge in [0.05, 0.1) is 11.7 Å². The minimum Gasteiger partial charge on any atom is -0.465 e. The van der Waals surface area contributed by atoms with Crippen LogP contribution in [-0.2, 0) is 6.54 Å². The minimum absolute atomic E-state index is 0.275. The number of nitrogens with one attached hydrogen (secondary N) is 1. The van der Waals surface area contributed by atoms with Crippen LogP contribution in [0.15, 0.2) is 29.6 Å². The predicted octanol–water partition coefficient (Wildman–Crippen LogP) is 2.83. The smallest absolute Gasteiger partial charge is 0.404 e. The lowest BCUT2D eigenvalue weighted by Gasteiger charge is -2.25. The number of aromatic nitrogens is 1. The molecule has 4 N–H and O–H groups in total. The van der Waals surface area contributed by atoms with Gasteiger partial charge in [-0.25, -0.2) is 9.78 Å². The van der Waals surface area contributed by atoms with Gasteiger partial charge in [0, 0.05) is 24.2 Å². The Morgan fingerprint density at radius 3 is 2.86 bits per heavy atom. The van der Waals surface area contributed by atoms with E-state index in [1.807, 2.05) is 29.6 Å². The van der Waals surface area contributed by atoms with Crippen molar-refractivity contribution in [1.29, 1.82) is 0 Å². The number of carboxylic acid groups (broad SMARTS) is 1. The third-order valence-corrected chi connectivity index (χ3v) is 4.54. The number of amides is 1. The molecular weight excluding hydrogens is 300 g/mol. The van der Waals surface area contributed by atoms with E-state index in [0.29, 0.717) is 11.7 Å². The number of nitrogens with two attached hydrogens (primary N) is 1. The molecule has 1 atom stereocenters. The third kappa shape index (κ3) is 3.14. The second kappa shape index (κ2) is 6.23. The Balaban J connectivity index is 1.73. The maximum Gasteiger partial charge on any atom is 0.404 e. The predicted molar refractivity (Wildman–Crippen MR) is 87.2 cm³/mol. The zero-order valence-corrected chi connectivity index (χ0v) is 12.8. The number of anilines is 2. The highest BCUT2D eigenvalue weighted by Gasteiger charge is 2.28. The molecule has 2 aromatic rings. The molecular formula is C15H18N4O2S. The average molecular weight is 318 g/mol. The Labute approximate surface area is 132 Å². The largest absolute Gasteiger partial charge is 0.465 e. The van der Waals surface area contributed by atoms with E-state index in [1.165, 1.54) is 11.3 Å². The number of hydrogen-bond donors (Lipinski definition) is 3. The number of nitrogen functional groups attached to an aromatic ring is 1. The highest BCUT2D eigenvalue weighted by Crippen LogP contribution is 2.36. The maximum atomic E-state index is 10.5. The molecule has 1 amide bonds. The molecule has 6 nitrogen and oxygen atoms in total. The Kier molecular flexibility index (Phi) is 4.15. The van der Waals surface area contributed by atoms with E-state index in [9.17, 15) is 4.79 Å². The van der Waals surface area contributed by atoms with E-state index >= 15 is 0 Å². The van der Waals surface area contributed by atoms with Crippen LogP contribution in [0, 0.1) is 0 Å². The van der Waals surface area contributed by atoms with Gasteiger partial charge in [-0.05, 0) is 30.5 Å². The van der Waals surface area contributed by atoms with Crippen LogP contribution in [0.3, 0.4) is 0 Å². The van der Waals surface area contributed by atoms with Crippen LogP contribution >= 0.6 is 11.3 Å². The average Bonchev–Trinajstić information content (AvgIpc) is 3.14. The summed E-state index contributed by atoms with van der Waals surface area (Å²) in [5.74, 6) is 0. The van der Waals surface area contributed by atoms with E-state index in [4.69, 9.17) is 10.8 Å². The second-order valence-electron chi connectivity index (χ2n) is 5.29. The number of rotatable bonds is 4. The van der Waals surface area contributed by atoms with Crippen LogP contribution in [0.25, 0.3) is 0 Å². The van der Waals surface area contributed by atoms with Crippen LogP contribution in [0.1, 0.15) is 30.1 Å². The summed E-state index contributed by atoms with van der Waals surface area (Å²) in [7, 11) is 0. The molecule has 0 spiro atoms. The van der Waals surface area contributed by atoms with Gasteiger partial charge in [0.15, 0.2) is 5.13 Å². The van der Waals surface area contributed by atoms with Gasteiger partial charge < -0.3 is 21.1 Å². The Morgan fingerprint density at radius 2 is 2.23 bits per heavy atom. The molecule has 1 saturated heterocycles. The fraction of sp³-hybridized carbons (Fsp3) is 0.333. The quantitative estimate of drug-likeness (QED) is 0.806. The van der Waals surface area contributed by atoms with Gasteiger partial charge >= 0.3 is 6.09 Å². The molecule has 1 aromatic carbocycles. The molecule has 1 aromatic heterocycles. The van der Waals surface area contributed by atoms with E-state index in [0.717, 1.165) is 36.3 Å².